The molecule has 0 radical (unpaired) electrons. The van der Waals surface area contributed by atoms with Crippen molar-refractivity contribution in [3.05, 3.63) is 59.2 Å². The van der Waals surface area contributed by atoms with E-state index in [0.717, 1.165) is 18.4 Å². The number of rotatable bonds is 3. The van der Waals surface area contributed by atoms with E-state index in [1.165, 1.54) is 23.3 Å². The number of nitrogens with zero attached hydrogens (tertiary/aromatic N) is 2. The van der Waals surface area contributed by atoms with Crippen molar-refractivity contribution in [2.24, 2.45) is 0 Å². The van der Waals surface area contributed by atoms with Gasteiger partial charge in [-0.1, -0.05) is 31.0 Å². The van der Waals surface area contributed by atoms with Gasteiger partial charge in [0.2, 0.25) is 11.6 Å². The minimum Gasteiger partial charge on any atom is -0.358 e. The van der Waals surface area contributed by atoms with E-state index in [1.807, 2.05) is 12.1 Å². The minimum atomic E-state index is -1.41. The summed E-state index contributed by atoms with van der Waals surface area (Å²) in [4.78, 5) is 42.8. The fourth-order valence-corrected chi connectivity index (χ4v) is 5.40. The molecule has 3 amide bonds. The Morgan fingerprint density at radius 1 is 1.16 bits per heavy atom. The molecule has 7 heteroatoms. The van der Waals surface area contributed by atoms with Crippen LogP contribution in [0.1, 0.15) is 53.1 Å². The van der Waals surface area contributed by atoms with Crippen LogP contribution >= 0.6 is 0 Å². The van der Waals surface area contributed by atoms with Crippen LogP contribution in [0, 0.1) is 0 Å². The van der Waals surface area contributed by atoms with Gasteiger partial charge in [0.05, 0.1) is 17.8 Å². The van der Waals surface area contributed by atoms with Crippen LogP contribution in [0.2, 0.25) is 0 Å². The van der Waals surface area contributed by atoms with Crippen LogP contribution in [0.5, 0.6) is 0 Å². The Labute approximate surface area is 181 Å². The molecule has 2 N–H and O–H groups in total. The Bertz CT molecular complexity index is 1090. The quantitative estimate of drug-likeness (QED) is 0.803. The van der Waals surface area contributed by atoms with Gasteiger partial charge < -0.3 is 20.4 Å². The second-order valence-electron chi connectivity index (χ2n) is 8.55. The molecule has 1 saturated carbocycles. The van der Waals surface area contributed by atoms with E-state index < -0.39 is 5.66 Å². The predicted molar refractivity (Wildman–Crippen MR) is 118 cm³/mol. The molecule has 5 rings (SSSR count). The summed E-state index contributed by atoms with van der Waals surface area (Å²) < 4.78 is 0. The van der Waals surface area contributed by atoms with E-state index in [0.29, 0.717) is 22.9 Å². The molecular formula is C24H26N4O3. The summed E-state index contributed by atoms with van der Waals surface area (Å²) in [5.74, 6) is -0.328. The van der Waals surface area contributed by atoms with Crippen LogP contribution < -0.4 is 15.5 Å². The normalized spacial score (nSPS) is 22.5. The van der Waals surface area contributed by atoms with Gasteiger partial charge in [-0.15, -0.1) is 0 Å². The van der Waals surface area contributed by atoms with Crippen molar-refractivity contribution in [2.75, 3.05) is 30.9 Å². The third-order valence-electron chi connectivity index (χ3n) is 7.00. The monoisotopic (exact) mass is 418 g/mol. The first kappa shape index (κ1) is 19.6. The lowest BCUT2D eigenvalue weighted by molar-refractivity contribution is -0.126. The maximum absolute atomic E-state index is 13.6. The summed E-state index contributed by atoms with van der Waals surface area (Å²) in [5.41, 5.74) is 2.26. The van der Waals surface area contributed by atoms with E-state index >= 15 is 0 Å². The van der Waals surface area contributed by atoms with Gasteiger partial charge in [-0.2, -0.15) is 0 Å². The molecule has 2 heterocycles. The molecule has 0 aromatic heterocycles. The van der Waals surface area contributed by atoms with Gasteiger partial charge in [0, 0.05) is 25.3 Å². The van der Waals surface area contributed by atoms with Crippen molar-refractivity contribution in [3.8, 4) is 0 Å². The third-order valence-corrected chi connectivity index (χ3v) is 7.00. The molecule has 1 atom stereocenters. The smallest absolute Gasteiger partial charge is 0.276 e. The van der Waals surface area contributed by atoms with Crippen molar-refractivity contribution in [2.45, 2.75) is 37.3 Å². The molecular weight excluding hydrogens is 392 g/mol. The maximum atomic E-state index is 13.6. The molecule has 1 aliphatic carbocycles. The number of carbonyl (C=O) groups excluding carboxylic acids is 3. The van der Waals surface area contributed by atoms with Crippen molar-refractivity contribution in [1.29, 1.82) is 0 Å². The van der Waals surface area contributed by atoms with E-state index in [4.69, 9.17) is 0 Å². The van der Waals surface area contributed by atoms with Crippen molar-refractivity contribution in [3.63, 3.8) is 0 Å². The summed E-state index contributed by atoms with van der Waals surface area (Å²) in [6, 6.07) is 13.2. The summed E-state index contributed by atoms with van der Waals surface area (Å²) >= 11 is 0. The summed E-state index contributed by atoms with van der Waals surface area (Å²) in [6.07, 6.45) is 4.68. The van der Waals surface area contributed by atoms with Crippen molar-refractivity contribution < 1.29 is 14.4 Å². The standard InChI is InChI=1S/C24H26N4O3/c1-25-21(29)14-28-20-10-6-5-9-17(20)22(30)27(2)24(28)18-13-16(15-7-3-4-8-15)11-12-19(18)26-23(24)31/h5-6,9-13,15H,3-4,7-8,14H2,1-2H3,(H,25,29)(H,26,31). The van der Waals surface area contributed by atoms with E-state index in [9.17, 15) is 14.4 Å². The topological polar surface area (TPSA) is 81.8 Å². The number of hydrogen-bond acceptors (Lipinski definition) is 4. The Morgan fingerprint density at radius 2 is 1.90 bits per heavy atom. The first-order valence-electron chi connectivity index (χ1n) is 10.8. The highest BCUT2D eigenvalue weighted by molar-refractivity contribution is 6.15. The number of para-hydroxylation sites is 1. The number of amides is 3. The lowest BCUT2D eigenvalue weighted by Crippen LogP contribution is -2.66. The summed E-state index contributed by atoms with van der Waals surface area (Å²) in [5, 5.41) is 5.63. The Hall–Kier alpha value is -3.35. The average molecular weight is 418 g/mol. The number of likely N-dealkylation sites (N-methyl/N-ethyl adjacent to an activating group) is 2. The van der Waals surface area contributed by atoms with Crippen LogP contribution in [0.15, 0.2) is 42.5 Å². The van der Waals surface area contributed by atoms with Gasteiger partial charge in [0.15, 0.2) is 0 Å². The molecule has 2 aromatic carbocycles. The molecule has 2 aromatic rings. The van der Waals surface area contributed by atoms with Gasteiger partial charge in [0.1, 0.15) is 0 Å². The first-order valence-corrected chi connectivity index (χ1v) is 10.8. The van der Waals surface area contributed by atoms with Crippen molar-refractivity contribution >= 4 is 29.1 Å². The van der Waals surface area contributed by atoms with Crippen LogP contribution in [-0.4, -0.2) is 43.3 Å². The summed E-state index contributed by atoms with van der Waals surface area (Å²) in [6.45, 7) is -0.0500. The Balaban J connectivity index is 1.74. The second kappa shape index (κ2) is 7.11. The molecule has 2 aliphatic heterocycles. The molecule has 1 spiro atoms. The van der Waals surface area contributed by atoms with Gasteiger partial charge >= 0.3 is 0 Å². The Morgan fingerprint density at radius 3 is 2.65 bits per heavy atom. The molecule has 3 aliphatic rings. The molecule has 7 nitrogen and oxygen atoms in total. The predicted octanol–water partition coefficient (Wildman–Crippen LogP) is 2.79. The first-order chi connectivity index (χ1) is 15.0. The van der Waals surface area contributed by atoms with Gasteiger partial charge in [-0.05, 0) is 48.6 Å². The van der Waals surface area contributed by atoms with Gasteiger partial charge in [0.25, 0.3) is 11.8 Å². The zero-order valence-electron chi connectivity index (χ0n) is 17.8. The molecule has 1 unspecified atom stereocenters. The summed E-state index contributed by atoms with van der Waals surface area (Å²) in [7, 11) is 3.21. The fraction of sp³-hybridized carbons (Fsp3) is 0.375. The van der Waals surface area contributed by atoms with E-state index in [1.54, 1.807) is 37.2 Å². The number of nitrogens with one attached hydrogen (secondary N) is 2. The second-order valence-corrected chi connectivity index (χ2v) is 8.55. The fourth-order valence-electron chi connectivity index (χ4n) is 5.40. The zero-order chi connectivity index (χ0) is 21.8. The van der Waals surface area contributed by atoms with Crippen LogP contribution in [0.25, 0.3) is 0 Å². The highest BCUT2D eigenvalue weighted by Crippen LogP contribution is 2.50. The number of hydrogen-bond donors (Lipinski definition) is 2. The SMILES string of the molecule is CNC(=O)CN1c2ccccc2C(=O)N(C)C12C(=O)Nc1ccc(C3CCCC3)cc12. The number of benzene rings is 2. The molecule has 1 fully saturated rings. The molecule has 0 saturated heterocycles. The molecule has 0 bridgehead atoms. The van der Waals surface area contributed by atoms with Gasteiger partial charge in [-0.25, -0.2) is 0 Å². The zero-order valence-corrected chi connectivity index (χ0v) is 17.8. The molecule has 31 heavy (non-hydrogen) atoms. The average Bonchev–Trinajstić information content (AvgIpc) is 3.42. The highest BCUT2D eigenvalue weighted by atomic mass is 16.2. The minimum absolute atomic E-state index is 0.0500. The lowest BCUT2D eigenvalue weighted by Gasteiger charge is -2.50. The van der Waals surface area contributed by atoms with E-state index in [-0.39, 0.29) is 24.3 Å². The van der Waals surface area contributed by atoms with Crippen molar-refractivity contribution in [1.82, 2.24) is 10.2 Å². The Kier molecular flexibility index (Phi) is 4.50. The number of anilines is 2. The van der Waals surface area contributed by atoms with Gasteiger partial charge in [-0.3, -0.25) is 14.4 Å². The number of fused-ring (bicyclic) bond motifs is 3. The number of carbonyl (C=O) groups is 3. The van der Waals surface area contributed by atoms with Crippen LogP contribution in [0.3, 0.4) is 0 Å². The van der Waals surface area contributed by atoms with Crippen LogP contribution in [-0.2, 0) is 15.3 Å². The third kappa shape index (κ3) is 2.69. The lowest BCUT2D eigenvalue weighted by atomic mass is 9.87. The van der Waals surface area contributed by atoms with Crippen LogP contribution in [0.4, 0.5) is 11.4 Å². The van der Waals surface area contributed by atoms with E-state index in [2.05, 4.69) is 22.8 Å². The maximum Gasteiger partial charge on any atom is 0.276 e. The highest BCUT2D eigenvalue weighted by Gasteiger charge is 2.59. The molecule has 160 valence electrons. The largest absolute Gasteiger partial charge is 0.358 e.